The van der Waals surface area contributed by atoms with Crippen LogP contribution in [0.2, 0.25) is 5.02 Å². The molecule has 0 saturated heterocycles. The Morgan fingerprint density at radius 2 is 1.67 bits per heavy atom. The van der Waals surface area contributed by atoms with Gasteiger partial charge in [-0.05, 0) is 38.1 Å². The molecule has 0 unspecified atom stereocenters. The minimum atomic E-state index is -0.0800. The number of nitrogens with zero attached hydrogens (tertiary/aromatic N) is 2. The van der Waals surface area contributed by atoms with E-state index < -0.39 is 0 Å². The molecule has 3 rings (SSSR count). The first-order chi connectivity index (χ1) is 11.5. The van der Waals surface area contributed by atoms with Crippen LogP contribution in [-0.4, -0.2) is 15.8 Å². The second-order valence-corrected chi connectivity index (χ2v) is 5.85. The van der Waals surface area contributed by atoms with Crippen LogP contribution in [0.15, 0.2) is 54.6 Å². The number of carbonyl (C=O) groups is 1. The Bertz CT molecular complexity index is 877. The van der Waals surface area contributed by atoms with E-state index in [0.29, 0.717) is 27.9 Å². The van der Waals surface area contributed by atoms with Gasteiger partial charge in [-0.25, -0.2) is 9.97 Å². The van der Waals surface area contributed by atoms with E-state index in [-0.39, 0.29) is 5.78 Å². The Morgan fingerprint density at radius 3 is 2.29 bits per heavy atom. The van der Waals surface area contributed by atoms with Gasteiger partial charge in [0.2, 0.25) is 0 Å². The van der Waals surface area contributed by atoms with Gasteiger partial charge in [0.1, 0.15) is 5.82 Å². The number of Topliss-reactive ketones (excluding diaryl/α,β-unsaturated/α-hetero) is 1. The summed E-state index contributed by atoms with van der Waals surface area (Å²) in [4.78, 5) is 21.1. The predicted octanol–water partition coefficient (Wildman–Crippen LogP) is 5.05. The number of carbonyl (C=O) groups excluding carboxylic acids is 1. The first-order valence-corrected chi connectivity index (χ1v) is 7.90. The summed E-state index contributed by atoms with van der Waals surface area (Å²) in [5, 5.41) is 3.85. The molecule has 0 aliphatic heterocycles. The molecule has 0 bridgehead atoms. The summed E-state index contributed by atoms with van der Waals surface area (Å²) in [5.41, 5.74) is 2.84. The van der Waals surface area contributed by atoms with Gasteiger partial charge < -0.3 is 5.32 Å². The van der Waals surface area contributed by atoms with Crippen LogP contribution in [0.5, 0.6) is 0 Å². The number of ketones is 1. The van der Waals surface area contributed by atoms with Gasteiger partial charge in [-0.3, -0.25) is 4.79 Å². The van der Waals surface area contributed by atoms with E-state index in [1.165, 1.54) is 6.92 Å². The lowest BCUT2D eigenvalue weighted by Gasteiger charge is -2.13. The Balaban J connectivity index is 2.09. The summed E-state index contributed by atoms with van der Waals surface area (Å²) in [6, 6.07) is 16.9. The number of hydrogen-bond acceptors (Lipinski definition) is 4. The number of nitrogens with one attached hydrogen (secondary N) is 1. The molecule has 1 N–H and O–H groups in total. The zero-order valence-corrected chi connectivity index (χ0v) is 14.1. The molecule has 0 aliphatic rings. The molecule has 4 nitrogen and oxygen atoms in total. The molecule has 0 saturated carbocycles. The van der Waals surface area contributed by atoms with E-state index in [1.807, 2.05) is 49.4 Å². The van der Waals surface area contributed by atoms with Crippen LogP contribution in [-0.2, 0) is 0 Å². The van der Waals surface area contributed by atoms with Gasteiger partial charge in [-0.2, -0.15) is 0 Å². The minimum Gasteiger partial charge on any atom is -0.339 e. The molecule has 0 fully saturated rings. The van der Waals surface area contributed by atoms with E-state index in [9.17, 15) is 4.79 Å². The fourth-order valence-corrected chi connectivity index (χ4v) is 2.60. The molecular formula is C19H16ClN3O. The van der Waals surface area contributed by atoms with E-state index in [2.05, 4.69) is 15.3 Å². The molecule has 24 heavy (non-hydrogen) atoms. The Kier molecular flexibility index (Phi) is 4.58. The maximum absolute atomic E-state index is 12.0. The molecule has 0 atom stereocenters. The standard InChI is InChI=1S/C19H16ClN3O/c1-12-17(13(2)24)19(22-16-10-8-15(20)9-11-16)23-18(21-12)14-6-4-3-5-7-14/h3-11H,1-2H3,(H,21,22,23). The third kappa shape index (κ3) is 3.44. The quantitative estimate of drug-likeness (QED) is 0.677. The number of aromatic nitrogens is 2. The third-order valence-corrected chi connectivity index (χ3v) is 3.83. The van der Waals surface area contributed by atoms with Gasteiger partial charge in [-0.1, -0.05) is 41.9 Å². The summed E-state index contributed by atoms with van der Waals surface area (Å²) in [6.45, 7) is 3.33. The molecule has 5 heteroatoms. The SMILES string of the molecule is CC(=O)c1c(C)nc(-c2ccccc2)nc1Nc1ccc(Cl)cc1. The van der Waals surface area contributed by atoms with Crippen LogP contribution in [0.4, 0.5) is 11.5 Å². The smallest absolute Gasteiger partial charge is 0.165 e. The van der Waals surface area contributed by atoms with Gasteiger partial charge in [-0.15, -0.1) is 0 Å². The first kappa shape index (κ1) is 16.1. The lowest BCUT2D eigenvalue weighted by molar-refractivity contribution is 0.101. The molecule has 0 radical (unpaired) electrons. The Labute approximate surface area is 145 Å². The van der Waals surface area contributed by atoms with Crippen LogP contribution < -0.4 is 5.32 Å². The second-order valence-electron chi connectivity index (χ2n) is 5.41. The Hall–Kier alpha value is -2.72. The number of rotatable bonds is 4. The maximum atomic E-state index is 12.0. The molecule has 3 aromatic rings. The molecule has 0 spiro atoms. The van der Waals surface area contributed by atoms with Crippen LogP contribution in [0.3, 0.4) is 0 Å². The number of hydrogen-bond donors (Lipinski definition) is 1. The van der Waals surface area contributed by atoms with Crippen molar-refractivity contribution in [2.24, 2.45) is 0 Å². The average molecular weight is 338 g/mol. The fourth-order valence-electron chi connectivity index (χ4n) is 2.47. The van der Waals surface area contributed by atoms with Gasteiger partial charge in [0, 0.05) is 16.3 Å². The topological polar surface area (TPSA) is 54.9 Å². The lowest BCUT2D eigenvalue weighted by atomic mass is 10.1. The number of halogens is 1. The zero-order chi connectivity index (χ0) is 17.1. The number of anilines is 2. The Morgan fingerprint density at radius 1 is 1.00 bits per heavy atom. The van der Waals surface area contributed by atoms with Crippen molar-refractivity contribution < 1.29 is 4.79 Å². The summed E-state index contributed by atoms with van der Waals surface area (Å²) in [6.07, 6.45) is 0. The third-order valence-electron chi connectivity index (χ3n) is 3.58. The molecule has 2 aromatic carbocycles. The van der Waals surface area contributed by atoms with Crippen LogP contribution in [0, 0.1) is 6.92 Å². The van der Waals surface area contributed by atoms with Crippen molar-refractivity contribution in [3.05, 3.63) is 70.9 Å². The highest BCUT2D eigenvalue weighted by Crippen LogP contribution is 2.26. The second kappa shape index (κ2) is 6.81. The van der Waals surface area contributed by atoms with Crippen molar-refractivity contribution >= 4 is 28.9 Å². The molecule has 1 heterocycles. The molecule has 0 amide bonds. The first-order valence-electron chi connectivity index (χ1n) is 7.52. The largest absolute Gasteiger partial charge is 0.339 e. The predicted molar refractivity (Wildman–Crippen MR) is 96.9 cm³/mol. The van der Waals surface area contributed by atoms with E-state index in [0.717, 1.165) is 11.3 Å². The summed E-state index contributed by atoms with van der Waals surface area (Å²) < 4.78 is 0. The van der Waals surface area contributed by atoms with Gasteiger partial charge in [0.25, 0.3) is 0 Å². The summed E-state index contributed by atoms with van der Waals surface area (Å²) in [5.74, 6) is 0.995. The van der Waals surface area contributed by atoms with E-state index in [1.54, 1.807) is 12.1 Å². The molecule has 1 aromatic heterocycles. The zero-order valence-electron chi connectivity index (χ0n) is 13.4. The van der Waals surface area contributed by atoms with Gasteiger partial charge in [0.05, 0.1) is 11.3 Å². The van der Waals surface area contributed by atoms with Gasteiger partial charge >= 0.3 is 0 Å². The van der Waals surface area contributed by atoms with Crippen molar-refractivity contribution in [1.82, 2.24) is 9.97 Å². The van der Waals surface area contributed by atoms with Gasteiger partial charge in [0.15, 0.2) is 11.6 Å². The summed E-state index contributed by atoms with van der Waals surface area (Å²) in [7, 11) is 0. The van der Waals surface area contributed by atoms with Crippen molar-refractivity contribution in [3.8, 4) is 11.4 Å². The van der Waals surface area contributed by atoms with Crippen molar-refractivity contribution in [3.63, 3.8) is 0 Å². The molecule has 120 valence electrons. The van der Waals surface area contributed by atoms with E-state index in [4.69, 9.17) is 11.6 Å². The molecular weight excluding hydrogens is 322 g/mol. The molecule has 0 aliphatic carbocycles. The average Bonchev–Trinajstić information content (AvgIpc) is 2.57. The number of aryl methyl sites for hydroxylation is 1. The van der Waals surface area contributed by atoms with E-state index >= 15 is 0 Å². The van der Waals surface area contributed by atoms with Crippen LogP contribution in [0.25, 0.3) is 11.4 Å². The lowest BCUT2D eigenvalue weighted by Crippen LogP contribution is -2.09. The highest BCUT2D eigenvalue weighted by atomic mass is 35.5. The minimum absolute atomic E-state index is 0.0800. The maximum Gasteiger partial charge on any atom is 0.165 e. The van der Waals surface area contributed by atoms with Crippen molar-refractivity contribution in [2.45, 2.75) is 13.8 Å². The van der Waals surface area contributed by atoms with Crippen molar-refractivity contribution in [1.29, 1.82) is 0 Å². The number of benzene rings is 2. The van der Waals surface area contributed by atoms with Crippen molar-refractivity contribution in [2.75, 3.05) is 5.32 Å². The summed E-state index contributed by atoms with van der Waals surface area (Å²) >= 11 is 5.92. The van der Waals surface area contributed by atoms with Crippen LogP contribution in [0.1, 0.15) is 23.0 Å². The monoisotopic (exact) mass is 337 g/mol. The fraction of sp³-hybridized carbons (Fsp3) is 0.105. The highest BCUT2D eigenvalue weighted by Gasteiger charge is 2.16. The highest BCUT2D eigenvalue weighted by molar-refractivity contribution is 6.30. The van der Waals surface area contributed by atoms with Crippen LogP contribution >= 0.6 is 11.6 Å². The normalized spacial score (nSPS) is 10.5.